The number of aromatic nitrogens is 1. The maximum atomic E-state index is 11.6. The maximum absolute atomic E-state index is 11.6. The fourth-order valence-corrected chi connectivity index (χ4v) is 1.78. The van der Waals surface area contributed by atoms with Crippen LogP contribution in [0.5, 0.6) is 0 Å². The molecule has 0 aliphatic carbocycles. The van der Waals surface area contributed by atoms with E-state index in [1.807, 2.05) is 18.2 Å². The van der Waals surface area contributed by atoms with Gasteiger partial charge < -0.3 is 15.5 Å². The molecule has 6 nitrogen and oxygen atoms in total. The predicted octanol–water partition coefficient (Wildman–Crippen LogP) is 0.978. The van der Waals surface area contributed by atoms with E-state index in [0.717, 1.165) is 5.56 Å². The van der Waals surface area contributed by atoms with Gasteiger partial charge in [0, 0.05) is 11.8 Å². The van der Waals surface area contributed by atoms with Gasteiger partial charge in [0.25, 0.3) is 5.91 Å². The van der Waals surface area contributed by atoms with Gasteiger partial charge >= 0.3 is 5.97 Å². The summed E-state index contributed by atoms with van der Waals surface area (Å²) in [6.07, 6.45) is 0.572. The van der Waals surface area contributed by atoms with Crippen molar-refractivity contribution in [1.82, 2.24) is 10.3 Å². The number of aliphatic hydroxyl groups is 1. The van der Waals surface area contributed by atoms with Gasteiger partial charge in [0.1, 0.15) is 18.3 Å². The van der Waals surface area contributed by atoms with Crippen LogP contribution in [0.25, 0.3) is 0 Å². The van der Waals surface area contributed by atoms with E-state index < -0.39 is 24.5 Å². The third kappa shape index (κ3) is 3.87. The molecule has 0 saturated heterocycles. The molecule has 0 saturated carbocycles. The van der Waals surface area contributed by atoms with E-state index >= 15 is 0 Å². The number of aliphatic hydroxyl groups excluding tert-OH is 1. The molecule has 1 aromatic heterocycles. The SMILES string of the molecule is O=C(O)CNC(=O)c1ccc(C(O)c2ccccc2)cn1. The topological polar surface area (TPSA) is 99.5 Å². The van der Waals surface area contributed by atoms with Crippen molar-refractivity contribution in [3.05, 3.63) is 65.5 Å². The first kappa shape index (κ1) is 14.7. The molecule has 1 unspecified atom stereocenters. The zero-order valence-corrected chi connectivity index (χ0v) is 11.1. The minimum Gasteiger partial charge on any atom is -0.480 e. The molecule has 0 radical (unpaired) electrons. The largest absolute Gasteiger partial charge is 0.480 e. The zero-order valence-electron chi connectivity index (χ0n) is 11.1. The molecule has 1 atom stereocenters. The minimum atomic E-state index is -1.13. The van der Waals surface area contributed by atoms with Crippen molar-refractivity contribution in [3.63, 3.8) is 0 Å². The lowest BCUT2D eigenvalue weighted by molar-refractivity contribution is -0.135. The summed E-state index contributed by atoms with van der Waals surface area (Å²) in [5.74, 6) is -1.70. The average Bonchev–Trinajstić information content (AvgIpc) is 2.53. The van der Waals surface area contributed by atoms with Crippen molar-refractivity contribution in [2.75, 3.05) is 6.54 Å². The molecule has 1 heterocycles. The number of benzene rings is 1. The third-order valence-electron chi connectivity index (χ3n) is 2.85. The van der Waals surface area contributed by atoms with Gasteiger partial charge in [-0.1, -0.05) is 36.4 Å². The summed E-state index contributed by atoms with van der Waals surface area (Å²) >= 11 is 0. The van der Waals surface area contributed by atoms with Crippen LogP contribution in [0.3, 0.4) is 0 Å². The molecular weight excluding hydrogens is 272 g/mol. The number of hydrogen-bond acceptors (Lipinski definition) is 4. The van der Waals surface area contributed by atoms with Crippen molar-refractivity contribution in [1.29, 1.82) is 0 Å². The first-order valence-electron chi connectivity index (χ1n) is 6.27. The number of nitrogens with one attached hydrogen (secondary N) is 1. The number of amides is 1. The summed E-state index contributed by atoms with van der Waals surface area (Å²) in [5.41, 5.74) is 1.37. The molecule has 2 rings (SSSR count). The number of carboxylic acids is 1. The zero-order chi connectivity index (χ0) is 15.2. The molecule has 1 aromatic carbocycles. The fourth-order valence-electron chi connectivity index (χ4n) is 1.78. The highest BCUT2D eigenvalue weighted by atomic mass is 16.4. The first-order valence-corrected chi connectivity index (χ1v) is 6.27. The van der Waals surface area contributed by atoms with Crippen LogP contribution in [0.1, 0.15) is 27.7 Å². The van der Waals surface area contributed by atoms with Gasteiger partial charge in [-0.05, 0) is 11.6 Å². The molecule has 0 aliphatic heterocycles. The van der Waals surface area contributed by atoms with E-state index in [1.54, 1.807) is 18.2 Å². The highest BCUT2D eigenvalue weighted by molar-refractivity contribution is 5.93. The van der Waals surface area contributed by atoms with E-state index in [0.29, 0.717) is 5.56 Å². The van der Waals surface area contributed by atoms with E-state index in [4.69, 9.17) is 5.11 Å². The Labute approximate surface area is 121 Å². The summed E-state index contributed by atoms with van der Waals surface area (Å²) in [5, 5.41) is 20.9. The van der Waals surface area contributed by atoms with Crippen molar-refractivity contribution in [3.8, 4) is 0 Å². The Kier molecular flexibility index (Phi) is 4.63. The summed E-state index contributed by atoms with van der Waals surface area (Å²) < 4.78 is 0. The van der Waals surface area contributed by atoms with Crippen LogP contribution in [-0.2, 0) is 4.79 Å². The number of pyridine rings is 1. The quantitative estimate of drug-likeness (QED) is 0.760. The molecule has 1 amide bonds. The molecule has 21 heavy (non-hydrogen) atoms. The number of aliphatic carboxylic acids is 1. The molecule has 6 heteroatoms. The molecule has 0 fully saturated rings. The highest BCUT2D eigenvalue weighted by Gasteiger charge is 2.13. The van der Waals surface area contributed by atoms with Gasteiger partial charge in [-0.2, -0.15) is 0 Å². The van der Waals surface area contributed by atoms with Crippen molar-refractivity contribution < 1.29 is 19.8 Å². The van der Waals surface area contributed by atoms with Gasteiger partial charge in [0.05, 0.1) is 0 Å². The smallest absolute Gasteiger partial charge is 0.322 e. The number of hydrogen-bond donors (Lipinski definition) is 3. The van der Waals surface area contributed by atoms with Crippen LogP contribution >= 0.6 is 0 Å². The van der Waals surface area contributed by atoms with Gasteiger partial charge in [0.15, 0.2) is 0 Å². The average molecular weight is 286 g/mol. The molecule has 0 bridgehead atoms. The Bertz CT molecular complexity index is 626. The van der Waals surface area contributed by atoms with Gasteiger partial charge in [0.2, 0.25) is 0 Å². The molecular formula is C15H14N2O4. The van der Waals surface area contributed by atoms with Crippen molar-refractivity contribution in [2.24, 2.45) is 0 Å². The van der Waals surface area contributed by atoms with Crippen LogP contribution in [-0.4, -0.2) is 33.6 Å². The first-order chi connectivity index (χ1) is 10.1. The van der Waals surface area contributed by atoms with Gasteiger partial charge in [-0.3, -0.25) is 14.6 Å². The molecule has 2 aromatic rings. The monoisotopic (exact) mass is 286 g/mol. The Morgan fingerprint density at radius 3 is 2.38 bits per heavy atom. The van der Waals surface area contributed by atoms with Crippen LogP contribution in [0.15, 0.2) is 48.7 Å². The standard InChI is InChI=1S/C15H14N2O4/c18-13(19)9-17-15(21)12-7-6-11(8-16-12)14(20)10-4-2-1-3-5-10/h1-8,14,20H,9H2,(H,17,21)(H,18,19). The number of carbonyl (C=O) groups is 2. The van der Waals surface area contributed by atoms with Crippen LogP contribution in [0, 0.1) is 0 Å². The van der Waals surface area contributed by atoms with E-state index in [-0.39, 0.29) is 5.69 Å². The van der Waals surface area contributed by atoms with Gasteiger partial charge in [-0.25, -0.2) is 0 Å². The van der Waals surface area contributed by atoms with Crippen LogP contribution < -0.4 is 5.32 Å². The highest BCUT2D eigenvalue weighted by Crippen LogP contribution is 2.20. The molecule has 0 spiro atoms. The lowest BCUT2D eigenvalue weighted by atomic mass is 10.0. The number of carboxylic acid groups (broad SMARTS) is 1. The summed E-state index contributed by atoms with van der Waals surface area (Å²) in [7, 11) is 0. The molecule has 3 N–H and O–H groups in total. The second-order valence-corrected chi connectivity index (χ2v) is 4.37. The lowest BCUT2D eigenvalue weighted by Gasteiger charge is -2.11. The second kappa shape index (κ2) is 6.62. The molecule has 108 valence electrons. The van der Waals surface area contributed by atoms with E-state index in [2.05, 4.69) is 10.3 Å². The second-order valence-electron chi connectivity index (χ2n) is 4.37. The van der Waals surface area contributed by atoms with E-state index in [9.17, 15) is 14.7 Å². The Balaban J connectivity index is 2.08. The van der Waals surface area contributed by atoms with E-state index in [1.165, 1.54) is 12.3 Å². The summed E-state index contributed by atoms with van der Waals surface area (Å²) in [6.45, 7) is -0.463. The number of nitrogens with zero attached hydrogens (tertiary/aromatic N) is 1. The predicted molar refractivity (Wildman–Crippen MR) is 74.7 cm³/mol. The Morgan fingerprint density at radius 2 is 1.81 bits per heavy atom. The lowest BCUT2D eigenvalue weighted by Crippen LogP contribution is -2.29. The summed E-state index contributed by atoms with van der Waals surface area (Å²) in [6, 6.07) is 12.1. The van der Waals surface area contributed by atoms with Gasteiger partial charge in [-0.15, -0.1) is 0 Å². The fraction of sp³-hybridized carbons (Fsp3) is 0.133. The van der Waals surface area contributed by atoms with Crippen molar-refractivity contribution in [2.45, 2.75) is 6.10 Å². The van der Waals surface area contributed by atoms with Crippen molar-refractivity contribution >= 4 is 11.9 Å². The number of rotatable bonds is 5. The van der Waals surface area contributed by atoms with Crippen LogP contribution in [0.2, 0.25) is 0 Å². The number of carbonyl (C=O) groups excluding carboxylic acids is 1. The Morgan fingerprint density at radius 1 is 1.10 bits per heavy atom. The minimum absolute atomic E-state index is 0.0975. The normalized spacial score (nSPS) is 11.7. The maximum Gasteiger partial charge on any atom is 0.322 e. The Hall–Kier alpha value is -2.73. The van der Waals surface area contributed by atoms with Crippen LogP contribution in [0.4, 0.5) is 0 Å². The molecule has 0 aliphatic rings. The third-order valence-corrected chi connectivity index (χ3v) is 2.85. The summed E-state index contributed by atoms with van der Waals surface area (Å²) in [4.78, 5) is 25.9.